The normalized spacial score (nSPS) is 20.0. The first-order chi connectivity index (χ1) is 28.1. The summed E-state index contributed by atoms with van der Waals surface area (Å²) in [6.45, 7) is 6.10. The molecular weight excluding hydrogens is 764 g/mol. The zero-order valence-corrected chi connectivity index (χ0v) is 33.0. The molecule has 1 saturated carbocycles. The number of ketones is 1. The van der Waals surface area contributed by atoms with Crippen LogP contribution in [0.5, 0.6) is 23.0 Å². The minimum absolute atomic E-state index is 0.00963. The highest BCUT2D eigenvalue weighted by Gasteiger charge is 2.68. The molecule has 2 aromatic carbocycles. The zero-order valence-electron chi connectivity index (χ0n) is 33.0. The number of H-pyrrole nitrogens is 3. The molecule has 6 heterocycles. The van der Waals surface area contributed by atoms with Gasteiger partial charge in [-0.15, -0.1) is 0 Å². The summed E-state index contributed by atoms with van der Waals surface area (Å²) < 4.78 is 21.6. The second-order valence-corrected chi connectivity index (χ2v) is 16.6. The van der Waals surface area contributed by atoms with E-state index in [1.807, 2.05) is 0 Å². The van der Waals surface area contributed by atoms with Crippen molar-refractivity contribution in [1.82, 2.24) is 19.9 Å². The molecule has 3 aromatic heterocycles. The third kappa shape index (κ3) is 4.86. The summed E-state index contributed by atoms with van der Waals surface area (Å²) in [6, 6.07) is 4.98. The fourth-order valence-electron chi connectivity index (χ4n) is 9.82. The number of esters is 1. The number of rotatable bonds is 5. The number of aromatic nitrogens is 3. The number of allylic oxidation sites excluding steroid dienone is 2. The molecule has 5 aliphatic rings. The molecule has 0 unspecified atom stereocenters. The van der Waals surface area contributed by atoms with Crippen LogP contribution in [0.25, 0.3) is 21.8 Å². The standard InChI is InChI=1S/C42H40N6O11/c1-41(2,3)59-40(55)47-10-8-19-20-11-23(43-28(20)35(56-4)34(51)32(19)47)38(53)48-16-17-15-42(17)22-13-24(44-30(22)26(49)14-27(42)48)37(52)46-9-7-18-21-12-25(39(54)58-6)45-29(21)36(57-5)33(50)31(18)46/h11-14,17,43-45,50-51H,7-10,15-16H2,1-6H3/t17-,42-/m0/s1. The van der Waals surface area contributed by atoms with Crippen LogP contribution in [0.15, 0.2) is 30.0 Å². The minimum atomic E-state index is -0.757. The van der Waals surface area contributed by atoms with Crippen LogP contribution in [0.1, 0.15) is 85.8 Å². The number of piperidine rings is 1. The van der Waals surface area contributed by atoms with E-state index in [1.165, 1.54) is 37.2 Å². The second kappa shape index (κ2) is 12.1. The Kier molecular flexibility index (Phi) is 7.45. The number of benzene rings is 2. The van der Waals surface area contributed by atoms with Crippen LogP contribution < -0.4 is 19.3 Å². The van der Waals surface area contributed by atoms with E-state index in [9.17, 15) is 34.2 Å². The van der Waals surface area contributed by atoms with E-state index in [1.54, 1.807) is 43.9 Å². The van der Waals surface area contributed by atoms with Gasteiger partial charge in [0.05, 0.1) is 49.4 Å². The maximum absolute atomic E-state index is 14.4. The Morgan fingerprint density at radius 2 is 1.34 bits per heavy atom. The number of methoxy groups -OCH3 is 3. The van der Waals surface area contributed by atoms with Crippen LogP contribution in [-0.4, -0.2) is 106 Å². The molecule has 5 aromatic rings. The highest BCUT2D eigenvalue weighted by Crippen LogP contribution is 2.67. The highest BCUT2D eigenvalue weighted by molar-refractivity contribution is 6.15. The topological polar surface area (TPSA) is 220 Å². The molecule has 304 valence electrons. The number of likely N-dealkylation sites (tertiary alicyclic amines) is 1. The molecule has 17 nitrogen and oxygen atoms in total. The van der Waals surface area contributed by atoms with Gasteiger partial charge in [0.25, 0.3) is 11.8 Å². The number of ether oxygens (including phenoxy) is 4. The summed E-state index contributed by atoms with van der Waals surface area (Å²) in [6.07, 6.45) is 2.32. The van der Waals surface area contributed by atoms with E-state index in [4.69, 9.17) is 18.9 Å². The number of aromatic amines is 3. The largest absolute Gasteiger partial charge is 0.503 e. The van der Waals surface area contributed by atoms with Crippen molar-refractivity contribution in [2.24, 2.45) is 5.92 Å². The molecular formula is C42H40N6O11. The first-order valence-corrected chi connectivity index (χ1v) is 19.2. The first kappa shape index (κ1) is 36.4. The van der Waals surface area contributed by atoms with Crippen molar-refractivity contribution in [3.05, 3.63) is 69.4 Å². The van der Waals surface area contributed by atoms with Crippen molar-refractivity contribution in [3.63, 3.8) is 0 Å². The van der Waals surface area contributed by atoms with Gasteiger partial charge in [0.1, 0.15) is 22.7 Å². The number of nitrogens with one attached hydrogen (secondary N) is 3. The maximum atomic E-state index is 14.4. The Morgan fingerprint density at radius 1 is 0.780 bits per heavy atom. The van der Waals surface area contributed by atoms with Crippen molar-refractivity contribution in [3.8, 4) is 23.0 Å². The summed E-state index contributed by atoms with van der Waals surface area (Å²) in [5, 5.41) is 24.0. The molecule has 3 aliphatic heterocycles. The maximum Gasteiger partial charge on any atom is 0.414 e. The van der Waals surface area contributed by atoms with Crippen LogP contribution in [-0.2, 0) is 27.7 Å². The Hall–Kier alpha value is -6.91. The Morgan fingerprint density at radius 3 is 1.95 bits per heavy atom. The van der Waals surface area contributed by atoms with Crippen molar-refractivity contribution in [2.45, 2.75) is 51.0 Å². The van der Waals surface area contributed by atoms with E-state index in [2.05, 4.69) is 15.0 Å². The Labute approximate surface area is 335 Å². The average Bonchev–Trinajstić information content (AvgIpc) is 3.93. The minimum Gasteiger partial charge on any atom is -0.503 e. The molecule has 2 atom stereocenters. The van der Waals surface area contributed by atoms with Crippen molar-refractivity contribution < 1.29 is 53.1 Å². The van der Waals surface area contributed by atoms with Crippen LogP contribution in [0.4, 0.5) is 16.2 Å². The predicted octanol–water partition coefficient (Wildman–Crippen LogP) is 5.19. The third-order valence-electron chi connectivity index (χ3n) is 12.3. The van der Waals surface area contributed by atoms with E-state index in [0.29, 0.717) is 70.0 Å². The van der Waals surface area contributed by atoms with Gasteiger partial charge in [0.2, 0.25) is 5.78 Å². The van der Waals surface area contributed by atoms with Gasteiger partial charge in [0.15, 0.2) is 23.0 Å². The number of aromatic hydroxyl groups is 2. The zero-order chi connectivity index (χ0) is 41.6. The number of hydrogen-bond acceptors (Lipinski definition) is 11. The summed E-state index contributed by atoms with van der Waals surface area (Å²) >= 11 is 0. The Bertz CT molecular complexity index is 2820. The van der Waals surface area contributed by atoms with E-state index in [0.717, 1.165) is 0 Å². The molecule has 0 bridgehead atoms. The number of phenolic OH excluding ortho intramolecular Hbond substituents is 2. The third-order valence-corrected chi connectivity index (χ3v) is 12.3. The van der Waals surface area contributed by atoms with Crippen LogP contribution in [0.2, 0.25) is 0 Å². The number of nitrogens with zero attached hydrogens (tertiary/aromatic N) is 3. The number of carbonyl (C=O) groups excluding carboxylic acids is 5. The summed E-state index contributed by atoms with van der Waals surface area (Å²) in [7, 11) is 4.04. The number of phenols is 2. The number of amides is 3. The lowest BCUT2D eigenvalue weighted by molar-refractivity contribution is 0.0577. The molecule has 1 spiro atoms. The highest BCUT2D eigenvalue weighted by atomic mass is 16.6. The number of carbonyl (C=O) groups is 5. The number of anilines is 2. The van der Waals surface area contributed by atoms with Gasteiger partial charge in [-0.2, -0.15) is 0 Å². The van der Waals surface area contributed by atoms with Crippen LogP contribution in [0, 0.1) is 5.92 Å². The molecule has 5 N–H and O–H groups in total. The molecule has 2 fully saturated rings. The van der Waals surface area contributed by atoms with Crippen molar-refractivity contribution in [1.29, 1.82) is 0 Å². The van der Waals surface area contributed by atoms with Crippen LogP contribution in [0.3, 0.4) is 0 Å². The van der Waals surface area contributed by atoms with Crippen molar-refractivity contribution >= 4 is 62.8 Å². The fourth-order valence-corrected chi connectivity index (χ4v) is 9.82. The van der Waals surface area contributed by atoms with Gasteiger partial charge < -0.3 is 53.9 Å². The molecule has 0 radical (unpaired) electrons. The monoisotopic (exact) mass is 804 g/mol. The Balaban J connectivity index is 0.965. The first-order valence-electron chi connectivity index (χ1n) is 19.2. The van der Waals surface area contributed by atoms with Gasteiger partial charge in [0, 0.05) is 47.6 Å². The summed E-state index contributed by atoms with van der Waals surface area (Å²) in [4.78, 5) is 81.7. The van der Waals surface area contributed by atoms with Crippen LogP contribution >= 0.6 is 0 Å². The van der Waals surface area contributed by atoms with Crippen molar-refractivity contribution in [2.75, 3.05) is 50.8 Å². The van der Waals surface area contributed by atoms with Gasteiger partial charge in [-0.3, -0.25) is 19.3 Å². The molecule has 17 heteroatoms. The van der Waals surface area contributed by atoms with E-state index >= 15 is 0 Å². The molecule has 2 aliphatic carbocycles. The molecule has 3 amide bonds. The van der Waals surface area contributed by atoms with Gasteiger partial charge in [-0.25, -0.2) is 9.59 Å². The lowest BCUT2D eigenvalue weighted by Gasteiger charge is -2.27. The van der Waals surface area contributed by atoms with Gasteiger partial charge >= 0.3 is 12.1 Å². The van der Waals surface area contributed by atoms with Gasteiger partial charge in [-0.05, 0) is 80.8 Å². The van der Waals surface area contributed by atoms with E-state index < -0.39 is 29.0 Å². The number of fused-ring (bicyclic) bond motifs is 7. The van der Waals surface area contributed by atoms with E-state index in [-0.39, 0.29) is 87.8 Å². The second-order valence-electron chi connectivity index (χ2n) is 16.6. The lowest BCUT2D eigenvalue weighted by Crippen LogP contribution is -2.35. The molecule has 10 rings (SSSR count). The summed E-state index contributed by atoms with van der Waals surface area (Å²) in [5.41, 5.74) is 3.18. The summed E-state index contributed by atoms with van der Waals surface area (Å²) in [5.74, 6) is -2.22. The predicted molar refractivity (Wildman–Crippen MR) is 211 cm³/mol. The molecule has 1 saturated heterocycles. The fraction of sp³-hybridized carbons (Fsp3) is 0.357. The quantitative estimate of drug-likeness (QED) is 0.146. The molecule has 59 heavy (non-hydrogen) atoms. The lowest BCUT2D eigenvalue weighted by atomic mass is 9.85. The smallest absolute Gasteiger partial charge is 0.414 e. The SMILES string of the molecule is COC(=O)c1cc2c3c(c(O)c(OC)c2[nH]1)N(C(=O)c1cc2c([nH]1)C(=O)C=C1N(C(=O)c4cc5c6c(c(O)c(OC)c5[nH]4)N(C(=O)OC(C)(C)C)CC6)C[C@@H]4C[C@@]124)CC3. The number of hydrogen-bond donors (Lipinski definition) is 5. The average molecular weight is 805 g/mol. The van der Waals surface area contributed by atoms with Gasteiger partial charge in [-0.1, -0.05) is 0 Å².